The fourth-order valence-corrected chi connectivity index (χ4v) is 4.57. The zero-order valence-electron chi connectivity index (χ0n) is 17.9. The van der Waals surface area contributed by atoms with E-state index in [0.29, 0.717) is 23.0 Å². The van der Waals surface area contributed by atoms with Crippen LogP contribution in [0.2, 0.25) is 0 Å². The van der Waals surface area contributed by atoms with Gasteiger partial charge in [-0.15, -0.1) is 0 Å². The molecule has 3 atom stereocenters. The summed E-state index contributed by atoms with van der Waals surface area (Å²) < 4.78 is 38.2. The Bertz CT molecular complexity index is 1040. The number of benzene rings is 3. The number of nitrogens with one attached hydrogen (secondary N) is 1. The van der Waals surface area contributed by atoms with Crippen LogP contribution < -0.4 is 5.32 Å². The van der Waals surface area contributed by atoms with Crippen molar-refractivity contribution in [1.82, 2.24) is 5.32 Å². The van der Waals surface area contributed by atoms with E-state index in [9.17, 15) is 18.0 Å². The normalized spacial score (nSPS) is 20.8. The van der Waals surface area contributed by atoms with Gasteiger partial charge in [0.05, 0.1) is 5.56 Å². The highest BCUT2D eigenvalue weighted by Crippen LogP contribution is 2.35. The number of rotatable bonds is 5. The van der Waals surface area contributed by atoms with Gasteiger partial charge in [-0.3, -0.25) is 4.79 Å². The smallest absolute Gasteiger partial charge is 0.349 e. The quantitative estimate of drug-likeness (QED) is 0.469. The van der Waals surface area contributed by atoms with Gasteiger partial charge >= 0.3 is 6.18 Å². The van der Waals surface area contributed by atoms with Gasteiger partial charge in [0.15, 0.2) is 0 Å². The standard InChI is InChI=1S/C27H26F3NO/c1-18-23(17-19-5-3-2-4-6-19)13-16-25(18)31-26(32)22-9-7-20(8-10-22)21-11-14-24(15-12-21)27(28,29)30/h2-12,14-15,18,23,25H,13,16-17H2,1H3,(H,31,32). The SMILES string of the molecule is CC1C(Cc2ccccc2)CCC1NC(=O)c1ccc(-c2ccc(C(F)(F)F)cc2)cc1. The van der Waals surface area contributed by atoms with Gasteiger partial charge in [0.1, 0.15) is 0 Å². The summed E-state index contributed by atoms with van der Waals surface area (Å²) in [5.74, 6) is 0.830. The molecule has 1 amide bonds. The van der Waals surface area contributed by atoms with E-state index in [1.807, 2.05) is 6.07 Å². The minimum Gasteiger partial charge on any atom is -0.349 e. The molecule has 1 aliphatic rings. The van der Waals surface area contributed by atoms with E-state index in [1.165, 1.54) is 17.7 Å². The summed E-state index contributed by atoms with van der Waals surface area (Å²) in [5.41, 5.74) is 2.66. The predicted molar refractivity (Wildman–Crippen MR) is 120 cm³/mol. The maximum atomic E-state index is 12.8. The molecular formula is C27H26F3NO. The van der Waals surface area contributed by atoms with Crippen LogP contribution in [-0.2, 0) is 12.6 Å². The van der Waals surface area contributed by atoms with Crippen LogP contribution in [0, 0.1) is 11.8 Å². The molecule has 32 heavy (non-hydrogen) atoms. The summed E-state index contributed by atoms with van der Waals surface area (Å²) >= 11 is 0. The Labute approximate surface area is 186 Å². The first-order valence-corrected chi connectivity index (χ1v) is 10.9. The second-order valence-electron chi connectivity index (χ2n) is 8.62. The fourth-order valence-electron chi connectivity index (χ4n) is 4.57. The lowest BCUT2D eigenvalue weighted by molar-refractivity contribution is -0.137. The number of carbonyl (C=O) groups excluding carboxylic acids is 1. The summed E-state index contributed by atoms with van der Waals surface area (Å²) in [7, 11) is 0. The number of hydrogen-bond acceptors (Lipinski definition) is 1. The van der Waals surface area contributed by atoms with E-state index in [0.717, 1.165) is 37.0 Å². The van der Waals surface area contributed by atoms with Crippen molar-refractivity contribution in [3.8, 4) is 11.1 Å². The molecule has 0 heterocycles. The van der Waals surface area contributed by atoms with Crippen LogP contribution in [0.4, 0.5) is 13.2 Å². The second kappa shape index (κ2) is 9.19. The first-order chi connectivity index (χ1) is 15.3. The Morgan fingerprint density at radius 2 is 1.47 bits per heavy atom. The van der Waals surface area contributed by atoms with Crippen molar-refractivity contribution in [3.05, 3.63) is 95.6 Å². The van der Waals surface area contributed by atoms with Crippen molar-refractivity contribution >= 4 is 5.91 Å². The molecule has 3 aromatic rings. The largest absolute Gasteiger partial charge is 0.416 e. The topological polar surface area (TPSA) is 29.1 Å². The lowest BCUT2D eigenvalue weighted by Crippen LogP contribution is -2.37. The summed E-state index contributed by atoms with van der Waals surface area (Å²) in [6.07, 6.45) is -1.27. The molecule has 5 heteroatoms. The van der Waals surface area contributed by atoms with E-state index in [-0.39, 0.29) is 11.9 Å². The number of halogens is 3. The zero-order chi connectivity index (χ0) is 22.7. The molecule has 3 aromatic carbocycles. The molecule has 3 unspecified atom stereocenters. The van der Waals surface area contributed by atoms with Crippen molar-refractivity contribution in [2.75, 3.05) is 0 Å². The number of carbonyl (C=O) groups is 1. The van der Waals surface area contributed by atoms with Crippen molar-refractivity contribution < 1.29 is 18.0 Å². The van der Waals surface area contributed by atoms with E-state index in [4.69, 9.17) is 0 Å². The van der Waals surface area contributed by atoms with Gasteiger partial charge in [-0.2, -0.15) is 13.2 Å². The minimum atomic E-state index is -4.35. The third-order valence-corrected chi connectivity index (χ3v) is 6.58. The monoisotopic (exact) mass is 437 g/mol. The summed E-state index contributed by atoms with van der Waals surface area (Å²) in [6, 6.07) is 22.6. The molecule has 1 aliphatic carbocycles. The molecule has 1 saturated carbocycles. The number of hydrogen-bond donors (Lipinski definition) is 1. The lowest BCUT2D eigenvalue weighted by Gasteiger charge is -2.22. The molecule has 4 rings (SSSR count). The molecule has 0 radical (unpaired) electrons. The van der Waals surface area contributed by atoms with Crippen LogP contribution in [0.5, 0.6) is 0 Å². The van der Waals surface area contributed by atoms with Crippen LogP contribution in [0.15, 0.2) is 78.9 Å². The van der Waals surface area contributed by atoms with Gasteiger partial charge in [0.2, 0.25) is 0 Å². The second-order valence-corrected chi connectivity index (χ2v) is 8.62. The van der Waals surface area contributed by atoms with Gasteiger partial charge in [0.25, 0.3) is 5.91 Å². The summed E-state index contributed by atoms with van der Waals surface area (Å²) in [6.45, 7) is 2.21. The molecule has 0 spiro atoms. The molecule has 166 valence electrons. The Morgan fingerprint density at radius 3 is 2.06 bits per heavy atom. The van der Waals surface area contributed by atoms with E-state index >= 15 is 0 Å². The highest BCUT2D eigenvalue weighted by atomic mass is 19.4. The van der Waals surface area contributed by atoms with Crippen molar-refractivity contribution in [2.45, 2.75) is 38.4 Å². The van der Waals surface area contributed by atoms with Gasteiger partial charge in [0, 0.05) is 11.6 Å². The van der Waals surface area contributed by atoms with Crippen LogP contribution in [0.25, 0.3) is 11.1 Å². The Hall–Kier alpha value is -3.08. The van der Waals surface area contributed by atoms with Gasteiger partial charge in [-0.25, -0.2) is 0 Å². The van der Waals surface area contributed by atoms with E-state index < -0.39 is 11.7 Å². The molecule has 1 fully saturated rings. The molecule has 2 nitrogen and oxygen atoms in total. The predicted octanol–water partition coefficient (Wildman–Crippen LogP) is 6.76. The van der Waals surface area contributed by atoms with Gasteiger partial charge in [-0.1, -0.05) is 61.5 Å². The van der Waals surface area contributed by atoms with Crippen molar-refractivity contribution in [1.29, 1.82) is 0 Å². The zero-order valence-corrected chi connectivity index (χ0v) is 17.9. The lowest BCUT2D eigenvalue weighted by atomic mass is 9.89. The summed E-state index contributed by atoms with van der Waals surface area (Å²) in [5, 5.41) is 3.18. The Morgan fingerprint density at radius 1 is 0.875 bits per heavy atom. The van der Waals surface area contributed by atoms with Crippen molar-refractivity contribution in [3.63, 3.8) is 0 Å². The van der Waals surface area contributed by atoms with Crippen LogP contribution in [0.1, 0.15) is 41.3 Å². The minimum absolute atomic E-state index is 0.110. The summed E-state index contributed by atoms with van der Waals surface area (Å²) in [4.78, 5) is 12.8. The first-order valence-electron chi connectivity index (χ1n) is 10.9. The van der Waals surface area contributed by atoms with Crippen LogP contribution in [-0.4, -0.2) is 11.9 Å². The molecular weight excluding hydrogens is 411 g/mol. The molecule has 1 N–H and O–H groups in total. The highest BCUT2D eigenvalue weighted by molar-refractivity contribution is 5.94. The molecule has 0 saturated heterocycles. The molecule has 0 aromatic heterocycles. The number of alkyl halides is 3. The van der Waals surface area contributed by atoms with Crippen molar-refractivity contribution in [2.24, 2.45) is 11.8 Å². The Kier molecular flexibility index (Phi) is 6.35. The molecule has 0 bridgehead atoms. The van der Waals surface area contributed by atoms with E-state index in [1.54, 1.807) is 24.3 Å². The first kappa shape index (κ1) is 22.1. The third kappa shape index (κ3) is 5.04. The van der Waals surface area contributed by atoms with Crippen LogP contribution >= 0.6 is 0 Å². The van der Waals surface area contributed by atoms with Gasteiger partial charge in [-0.05, 0) is 72.1 Å². The Balaban J connectivity index is 1.37. The van der Waals surface area contributed by atoms with Gasteiger partial charge < -0.3 is 5.32 Å². The molecule has 0 aliphatic heterocycles. The number of amides is 1. The van der Waals surface area contributed by atoms with Crippen LogP contribution in [0.3, 0.4) is 0 Å². The highest BCUT2D eigenvalue weighted by Gasteiger charge is 2.33. The maximum Gasteiger partial charge on any atom is 0.416 e. The average Bonchev–Trinajstić information content (AvgIpc) is 3.13. The van der Waals surface area contributed by atoms with E-state index in [2.05, 4.69) is 36.5 Å². The average molecular weight is 438 g/mol. The third-order valence-electron chi connectivity index (χ3n) is 6.58. The fraction of sp³-hybridized carbons (Fsp3) is 0.296. The maximum absolute atomic E-state index is 12.8.